The van der Waals surface area contributed by atoms with E-state index >= 15 is 0 Å². The summed E-state index contributed by atoms with van der Waals surface area (Å²) in [6, 6.07) is 14.8. The molecule has 0 unspecified atom stereocenters. The number of methoxy groups -OCH3 is 1. The van der Waals surface area contributed by atoms with Crippen LogP contribution in [-0.2, 0) is 19.0 Å². The van der Waals surface area contributed by atoms with Crippen molar-refractivity contribution < 1.29 is 27.1 Å². The standard InChI is InChI=1S/C24H18F3N3O3/c1-32-17-4-2-3-15(13-17)28-23(31)14-5-7-16(8-6-14)30-21-18-11-12-33-20(18)10-9-19(21)22(29-30)24(25,26)27/h2-8,11-13H,9-10H2,1H3,(H,28,31). The van der Waals surface area contributed by atoms with Crippen LogP contribution >= 0.6 is 0 Å². The molecule has 2 aromatic carbocycles. The number of rotatable bonds is 4. The molecule has 4 aromatic rings. The fourth-order valence-electron chi connectivity index (χ4n) is 4.02. The minimum atomic E-state index is -4.58. The number of carbonyl (C=O) groups excluding carboxylic acids is 1. The van der Waals surface area contributed by atoms with E-state index < -0.39 is 11.9 Å². The van der Waals surface area contributed by atoms with Gasteiger partial charge in [-0.1, -0.05) is 6.07 Å². The minimum Gasteiger partial charge on any atom is -0.497 e. The summed E-state index contributed by atoms with van der Waals surface area (Å²) in [4.78, 5) is 12.6. The van der Waals surface area contributed by atoms with Crippen molar-refractivity contribution in [2.24, 2.45) is 0 Å². The number of amides is 1. The zero-order chi connectivity index (χ0) is 23.2. The number of benzene rings is 2. The maximum atomic E-state index is 13.7. The number of carbonyl (C=O) groups is 1. The van der Waals surface area contributed by atoms with Gasteiger partial charge in [-0.25, -0.2) is 4.68 Å². The fraction of sp³-hybridized carbons (Fsp3) is 0.167. The van der Waals surface area contributed by atoms with Gasteiger partial charge in [0.05, 0.1) is 24.8 Å². The van der Waals surface area contributed by atoms with E-state index in [-0.39, 0.29) is 17.9 Å². The number of nitrogens with zero attached hydrogens (tertiary/aromatic N) is 2. The van der Waals surface area contributed by atoms with Crippen LogP contribution in [0.15, 0.2) is 65.3 Å². The number of aryl methyl sites for hydroxylation is 1. The molecule has 2 heterocycles. The van der Waals surface area contributed by atoms with E-state index in [2.05, 4.69) is 10.4 Å². The molecule has 1 aliphatic carbocycles. The van der Waals surface area contributed by atoms with Gasteiger partial charge in [-0.05, 0) is 48.9 Å². The Labute approximate surface area is 186 Å². The number of alkyl halides is 3. The van der Waals surface area contributed by atoms with E-state index in [1.54, 1.807) is 54.6 Å². The van der Waals surface area contributed by atoms with E-state index in [0.717, 1.165) is 0 Å². The quantitative estimate of drug-likeness (QED) is 0.442. The van der Waals surface area contributed by atoms with Gasteiger partial charge in [0.15, 0.2) is 5.69 Å². The van der Waals surface area contributed by atoms with E-state index in [1.165, 1.54) is 18.1 Å². The smallest absolute Gasteiger partial charge is 0.435 e. The third-order valence-corrected chi connectivity index (χ3v) is 5.56. The fourth-order valence-corrected chi connectivity index (χ4v) is 4.02. The van der Waals surface area contributed by atoms with Crippen molar-refractivity contribution >= 4 is 11.6 Å². The van der Waals surface area contributed by atoms with Gasteiger partial charge in [0.1, 0.15) is 11.5 Å². The number of nitrogens with one attached hydrogen (secondary N) is 1. The Balaban J connectivity index is 1.49. The van der Waals surface area contributed by atoms with Crippen molar-refractivity contribution in [1.29, 1.82) is 0 Å². The van der Waals surface area contributed by atoms with Crippen molar-refractivity contribution in [2.75, 3.05) is 12.4 Å². The summed E-state index contributed by atoms with van der Waals surface area (Å²) in [5.74, 6) is 0.878. The first kappa shape index (κ1) is 20.9. The highest BCUT2D eigenvalue weighted by atomic mass is 19.4. The first-order chi connectivity index (χ1) is 15.8. The maximum Gasteiger partial charge on any atom is 0.435 e. The molecule has 0 bridgehead atoms. The molecule has 0 saturated heterocycles. The van der Waals surface area contributed by atoms with Crippen LogP contribution in [0.3, 0.4) is 0 Å². The highest BCUT2D eigenvalue weighted by Crippen LogP contribution is 2.42. The first-order valence-corrected chi connectivity index (χ1v) is 10.2. The molecule has 168 valence electrons. The summed E-state index contributed by atoms with van der Waals surface area (Å²) in [6.07, 6.45) is -2.54. The van der Waals surface area contributed by atoms with Crippen LogP contribution in [0.1, 0.15) is 27.4 Å². The molecule has 0 spiro atoms. The topological polar surface area (TPSA) is 69.3 Å². The van der Waals surface area contributed by atoms with Crippen LogP contribution in [0.25, 0.3) is 16.9 Å². The van der Waals surface area contributed by atoms with Crippen LogP contribution in [-0.4, -0.2) is 22.8 Å². The van der Waals surface area contributed by atoms with E-state index in [1.807, 2.05) is 0 Å². The molecular weight excluding hydrogens is 435 g/mol. The SMILES string of the molecule is COc1cccc(NC(=O)c2ccc(-n3nc(C(F)(F)F)c4c3-c3ccoc3CC4)cc2)c1. The van der Waals surface area contributed by atoms with Crippen LogP contribution in [0.4, 0.5) is 18.9 Å². The molecule has 5 rings (SSSR count). The molecule has 0 atom stereocenters. The molecule has 0 saturated carbocycles. The molecule has 1 amide bonds. The highest BCUT2D eigenvalue weighted by Gasteiger charge is 2.41. The number of anilines is 1. The van der Waals surface area contributed by atoms with Crippen molar-refractivity contribution in [3.63, 3.8) is 0 Å². The molecule has 1 aliphatic rings. The van der Waals surface area contributed by atoms with Crippen molar-refractivity contribution in [2.45, 2.75) is 19.0 Å². The zero-order valence-electron chi connectivity index (χ0n) is 17.4. The van der Waals surface area contributed by atoms with Gasteiger partial charge in [0, 0.05) is 34.9 Å². The lowest BCUT2D eigenvalue weighted by molar-refractivity contribution is -0.142. The van der Waals surface area contributed by atoms with E-state index in [9.17, 15) is 18.0 Å². The molecule has 33 heavy (non-hydrogen) atoms. The lowest BCUT2D eigenvalue weighted by Gasteiger charge is -2.15. The number of ether oxygens (including phenoxy) is 1. The first-order valence-electron chi connectivity index (χ1n) is 10.2. The van der Waals surface area contributed by atoms with Crippen molar-refractivity contribution in [3.05, 3.63) is 83.4 Å². The average Bonchev–Trinajstić information content (AvgIpc) is 3.43. The molecule has 0 aliphatic heterocycles. The van der Waals surface area contributed by atoms with Gasteiger partial charge < -0.3 is 14.5 Å². The summed E-state index contributed by atoms with van der Waals surface area (Å²) in [6.45, 7) is 0. The summed E-state index contributed by atoms with van der Waals surface area (Å²) in [7, 11) is 1.53. The third kappa shape index (κ3) is 3.75. The van der Waals surface area contributed by atoms with Crippen LogP contribution in [0.2, 0.25) is 0 Å². The Morgan fingerprint density at radius 1 is 1.12 bits per heavy atom. The molecule has 9 heteroatoms. The van der Waals surface area contributed by atoms with Crippen LogP contribution in [0.5, 0.6) is 5.75 Å². The van der Waals surface area contributed by atoms with Gasteiger partial charge in [0.25, 0.3) is 5.91 Å². The number of fused-ring (bicyclic) bond motifs is 3. The van der Waals surface area contributed by atoms with Gasteiger partial charge in [-0.15, -0.1) is 0 Å². The molecule has 6 nitrogen and oxygen atoms in total. The van der Waals surface area contributed by atoms with Crippen LogP contribution in [0, 0.1) is 0 Å². The largest absolute Gasteiger partial charge is 0.497 e. The number of furan rings is 1. The molecule has 1 N–H and O–H groups in total. The van der Waals surface area contributed by atoms with Crippen LogP contribution < -0.4 is 10.1 Å². The summed E-state index contributed by atoms with van der Waals surface area (Å²) in [5, 5.41) is 6.68. The summed E-state index contributed by atoms with van der Waals surface area (Å²) in [5.41, 5.74) is 1.54. The Morgan fingerprint density at radius 2 is 1.91 bits per heavy atom. The maximum absolute atomic E-state index is 13.7. The highest BCUT2D eigenvalue weighted by molar-refractivity contribution is 6.04. The van der Waals surface area contributed by atoms with Gasteiger partial charge >= 0.3 is 6.18 Å². The summed E-state index contributed by atoms with van der Waals surface area (Å²) < 4.78 is 52.9. The minimum absolute atomic E-state index is 0.149. The Bertz CT molecular complexity index is 1340. The van der Waals surface area contributed by atoms with Crippen molar-refractivity contribution in [1.82, 2.24) is 9.78 Å². The van der Waals surface area contributed by atoms with Crippen molar-refractivity contribution in [3.8, 4) is 22.7 Å². The Morgan fingerprint density at radius 3 is 2.64 bits per heavy atom. The van der Waals surface area contributed by atoms with E-state index in [4.69, 9.17) is 9.15 Å². The zero-order valence-corrected chi connectivity index (χ0v) is 17.4. The molecule has 0 radical (unpaired) electrons. The Hall–Kier alpha value is -4.01. The average molecular weight is 453 g/mol. The number of halogens is 3. The lowest BCUT2D eigenvalue weighted by Crippen LogP contribution is -2.12. The second kappa shape index (κ2) is 7.84. The number of hydrogen-bond acceptors (Lipinski definition) is 4. The monoisotopic (exact) mass is 453 g/mol. The van der Waals surface area contributed by atoms with Gasteiger partial charge in [0.2, 0.25) is 0 Å². The predicted molar refractivity (Wildman–Crippen MR) is 115 cm³/mol. The van der Waals surface area contributed by atoms with Gasteiger partial charge in [-0.2, -0.15) is 18.3 Å². The van der Waals surface area contributed by atoms with E-state index in [0.29, 0.717) is 46.1 Å². The normalized spacial score (nSPS) is 12.7. The van der Waals surface area contributed by atoms with Gasteiger partial charge in [-0.3, -0.25) is 4.79 Å². The second-order valence-corrected chi connectivity index (χ2v) is 7.58. The third-order valence-electron chi connectivity index (χ3n) is 5.56. The second-order valence-electron chi connectivity index (χ2n) is 7.58. The Kier molecular flexibility index (Phi) is 4.96. The molecule has 0 fully saturated rings. The molecule has 2 aromatic heterocycles. The number of hydrogen-bond donors (Lipinski definition) is 1. The number of aromatic nitrogens is 2. The molecular formula is C24H18F3N3O3. The summed E-state index contributed by atoms with van der Waals surface area (Å²) >= 11 is 0. The lowest BCUT2D eigenvalue weighted by atomic mass is 9.94. The predicted octanol–water partition coefficient (Wildman–Crippen LogP) is 5.51.